The van der Waals surface area contributed by atoms with Gasteiger partial charge in [-0.15, -0.1) is 0 Å². The second kappa shape index (κ2) is 3.70. The van der Waals surface area contributed by atoms with Crippen LogP contribution >= 0.6 is 15.9 Å². The largest absolute Gasteiger partial charge is 0.467 e. The summed E-state index contributed by atoms with van der Waals surface area (Å²) in [5, 5.41) is 3.54. The molecule has 2 nitrogen and oxygen atoms in total. The van der Waals surface area contributed by atoms with Gasteiger partial charge in [-0.1, -0.05) is 0 Å². The molecule has 1 aliphatic rings. The van der Waals surface area contributed by atoms with Crippen LogP contribution in [0.5, 0.6) is 0 Å². The summed E-state index contributed by atoms with van der Waals surface area (Å²) in [4.78, 5) is 0. The van der Waals surface area contributed by atoms with Crippen molar-refractivity contribution in [2.24, 2.45) is 5.92 Å². The molecule has 0 aromatic carbocycles. The number of rotatable bonds is 4. The van der Waals surface area contributed by atoms with Gasteiger partial charge < -0.3 is 9.73 Å². The van der Waals surface area contributed by atoms with E-state index in [9.17, 15) is 0 Å². The van der Waals surface area contributed by atoms with Gasteiger partial charge in [0.25, 0.3) is 0 Å². The number of hydrogen-bond acceptors (Lipinski definition) is 2. The average molecular weight is 258 g/mol. The maximum atomic E-state index is 5.35. The smallest absolute Gasteiger partial charge is 0.131 e. The van der Waals surface area contributed by atoms with E-state index in [1.165, 1.54) is 12.8 Å². The van der Waals surface area contributed by atoms with Crippen LogP contribution in [0.25, 0.3) is 0 Å². The highest BCUT2D eigenvalue weighted by atomic mass is 79.9. The standard InChI is InChI=1S/C11H16BrNO/c1-11(2,8-3-4-8)13-7-10-9(12)5-6-14-10/h5-6,8,13H,3-4,7H2,1-2H3. The van der Waals surface area contributed by atoms with Crippen molar-refractivity contribution in [2.75, 3.05) is 0 Å². The van der Waals surface area contributed by atoms with Crippen molar-refractivity contribution in [3.8, 4) is 0 Å². The van der Waals surface area contributed by atoms with Gasteiger partial charge in [-0.2, -0.15) is 0 Å². The molecule has 1 aromatic heterocycles. The summed E-state index contributed by atoms with van der Waals surface area (Å²) in [5.74, 6) is 1.83. The van der Waals surface area contributed by atoms with Gasteiger partial charge in [-0.25, -0.2) is 0 Å². The fourth-order valence-electron chi connectivity index (χ4n) is 1.71. The van der Waals surface area contributed by atoms with Crippen LogP contribution < -0.4 is 5.32 Å². The van der Waals surface area contributed by atoms with Crippen LogP contribution in [0.4, 0.5) is 0 Å². The molecule has 1 fully saturated rings. The van der Waals surface area contributed by atoms with Gasteiger partial charge in [0.05, 0.1) is 17.3 Å². The van der Waals surface area contributed by atoms with Gasteiger partial charge in [-0.3, -0.25) is 0 Å². The van der Waals surface area contributed by atoms with Crippen LogP contribution in [0.3, 0.4) is 0 Å². The molecule has 0 saturated heterocycles. The molecule has 1 N–H and O–H groups in total. The molecule has 1 heterocycles. The first-order valence-electron chi connectivity index (χ1n) is 5.06. The van der Waals surface area contributed by atoms with E-state index in [0.29, 0.717) is 0 Å². The fourth-order valence-corrected chi connectivity index (χ4v) is 2.05. The average Bonchev–Trinajstić information content (AvgIpc) is 2.89. The predicted octanol–water partition coefficient (Wildman–Crippen LogP) is 3.32. The lowest BCUT2D eigenvalue weighted by Crippen LogP contribution is -2.40. The first-order valence-corrected chi connectivity index (χ1v) is 5.86. The van der Waals surface area contributed by atoms with E-state index in [1.54, 1.807) is 6.26 Å². The van der Waals surface area contributed by atoms with E-state index in [2.05, 4.69) is 35.1 Å². The van der Waals surface area contributed by atoms with Crippen LogP contribution in [0.2, 0.25) is 0 Å². The minimum Gasteiger partial charge on any atom is -0.467 e. The second-order valence-electron chi connectivity index (χ2n) is 4.54. The highest BCUT2D eigenvalue weighted by molar-refractivity contribution is 9.10. The molecule has 0 atom stereocenters. The lowest BCUT2D eigenvalue weighted by molar-refractivity contribution is 0.322. The summed E-state index contributed by atoms with van der Waals surface area (Å²) in [6, 6.07) is 1.93. The number of nitrogens with one attached hydrogen (secondary N) is 1. The lowest BCUT2D eigenvalue weighted by Gasteiger charge is -2.25. The Hall–Kier alpha value is -0.280. The summed E-state index contributed by atoms with van der Waals surface area (Å²) in [5.41, 5.74) is 0.242. The Morgan fingerprint density at radius 3 is 2.79 bits per heavy atom. The lowest BCUT2D eigenvalue weighted by atomic mass is 9.99. The van der Waals surface area contributed by atoms with Crippen LogP contribution in [0, 0.1) is 5.92 Å². The SMILES string of the molecule is CC(C)(NCc1occc1Br)C1CC1. The molecule has 1 aromatic rings. The van der Waals surface area contributed by atoms with Gasteiger partial charge in [0.2, 0.25) is 0 Å². The Labute approximate surface area is 93.2 Å². The first-order chi connectivity index (χ1) is 6.59. The van der Waals surface area contributed by atoms with Crippen molar-refractivity contribution >= 4 is 15.9 Å². The summed E-state index contributed by atoms with van der Waals surface area (Å²) in [6.07, 6.45) is 4.43. The van der Waals surface area contributed by atoms with Gasteiger partial charge in [0.15, 0.2) is 0 Å². The van der Waals surface area contributed by atoms with Gasteiger partial charge in [-0.05, 0) is 54.6 Å². The zero-order chi connectivity index (χ0) is 10.2. The van der Waals surface area contributed by atoms with Gasteiger partial charge in [0, 0.05) is 5.54 Å². The summed E-state index contributed by atoms with van der Waals surface area (Å²) < 4.78 is 6.40. The maximum Gasteiger partial charge on any atom is 0.131 e. The molecule has 0 spiro atoms. The summed E-state index contributed by atoms with van der Waals surface area (Å²) in [7, 11) is 0. The minimum atomic E-state index is 0.242. The van der Waals surface area contributed by atoms with Crippen molar-refractivity contribution in [3.05, 3.63) is 22.6 Å². The molecule has 0 amide bonds. The molecule has 14 heavy (non-hydrogen) atoms. The van der Waals surface area contributed by atoms with Crippen molar-refractivity contribution in [3.63, 3.8) is 0 Å². The fraction of sp³-hybridized carbons (Fsp3) is 0.636. The molecule has 0 aliphatic heterocycles. The van der Waals surface area contributed by atoms with Crippen LogP contribution in [0.15, 0.2) is 21.2 Å². The van der Waals surface area contributed by atoms with Crippen molar-refractivity contribution < 1.29 is 4.42 Å². The Balaban J connectivity index is 1.90. The summed E-state index contributed by atoms with van der Waals surface area (Å²) >= 11 is 3.45. The topological polar surface area (TPSA) is 25.2 Å². The van der Waals surface area contributed by atoms with E-state index < -0.39 is 0 Å². The Morgan fingerprint density at radius 2 is 2.29 bits per heavy atom. The zero-order valence-corrected chi connectivity index (χ0v) is 10.2. The molecule has 0 bridgehead atoms. The third-order valence-corrected chi connectivity index (χ3v) is 3.70. The monoisotopic (exact) mass is 257 g/mol. The van der Waals surface area contributed by atoms with Gasteiger partial charge >= 0.3 is 0 Å². The Bertz CT molecular complexity index is 315. The molecule has 3 heteroatoms. The molecule has 78 valence electrons. The predicted molar refractivity (Wildman–Crippen MR) is 60.1 cm³/mol. The van der Waals surface area contributed by atoms with Crippen molar-refractivity contribution in [2.45, 2.75) is 38.8 Å². The third kappa shape index (κ3) is 2.20. The van der Waals surface area contributed by atoms with Crippen LogP contribution in [-0.4, -0.2) is 5.54 Å². The zero-order valence-electron chi connectivity index (χ0n) is 8.64. The van der Waals surface area contributed by atoms with E-state index in [4.69, 9.17) is 4.42 Å². The highest BCUT2D eigenvalue weighted by Gasteiger charge is 2.37. The first kappa shape index (κ1) is 10.2. The van der Waals surface area contributed by atoms with E-state index in [1.807, 2.05) is 6.07 Å². The van der Waals surface area contributed by atoms with Crippen LogP contribution in [0.1, 0.15) is 32.4 Å². The molecule has 1 saturated carbocycles. The molecular weight excluding hydrogens is 242 g/mol. The third-order valence-electron chi connectivity index (χ3n) is 2.99. The number of halogens is 1. The molecule has 2 rings (SSSR count). The number of furan rings is 1. The Morgan fingerprint density at radius 1 is 1.57 bits per heavy atom. The molecule has 1 aliphatic carbocycles. The normalized spacial score (nSPS) is 17.4. The summed E-state index contributed by atoms with van der Waals surface area (Å²) in [6.45, 7) is 5.33. The van der Waals surface area contributed by atoms with Crippen molar-refractivity contribution in [1.29, 1.82) is 0 Å². The highest BCUT2D eigenvalue weighted by Crippen LogP contribution is 2.39. The maximum absolute atomic E-state index is 5.35. The second-order valence-corrected chi connectivity index (χ2v) is 5.40. The van der Waals surface area contributed by atoms with Crippen LogP contribution in [-0.2, 0) is 6.54 Å². The van der Waals surface area contributed by atoms with Crippen molar-refractivity contribution in [1.82, 2.24) is 5.32 Å². The van der Waals surface area contributed by atoms with Gasteiger partial charge in [0.1, 0.15) is 5.76 Å². The molecule has 0 unspecified atom stereocenters. The van der Waals surface area contributed by atoms with E-state index in [0.717, 1.165) is 22.7 Å². The Kier molecular flexibility index (Phi) is 2.71. The molecule has 0 radical (unpaired) electrons. The van der Waals surface area contributed by atoms with E-state index in [-0.39, 0.29) is 5.54 Å². The van der Waals surface area contributed by atoms with E-state index >= 15 is 0 Å². The number of hydrogen-bond donors (Lipinski definition) is 1. The quantitative estimate of drug-likeness (QED) is 0.896. The minimum absolute atomic E-state index is 0.242. The molecular formula is C11H16BrNO.